The van der Waals surface area contributed by atoms with Gasteiger partial charge in [-0.05, 0) is 112 Å². The highest BCUT2D eigenvalue weighted by Gasteiger charge is 2.29. The van der Waals surface area contributed by atoms with Gasteiger partial charge in [-0.3, -0.25) is 5.10 Å². The monoisotopic (exact) mass is 821 g/mol. The number of aromatic nitrogens is 2. The smallest absolute Gasteiger partial charge is 0.128 e. The number of fused-ring (bicyclic) bond motifs is 9. The van der Waals surface area contributed by atoms with Crippen LogP contribution < -0.4 is 0 Å². The van der Waals surface area contributed by atoms with Crippen molar-refractivity contribution in [1.82, 2.24) is 10.2 Å². The van der Waals surface area contributed by atoms with E-state index < -0.39 is 0 Å². The number of hydrogen-bond acceptors (Lipinski definition) is 5. The van der Waals surface area contributed by atoms with Crippen LogP contribution in [0.4, 0.5) is 0 Å². The number of aromatic hydroxyl groups is 4. The van der Waals surface area contributed by atoms with Gasteiger partial charge in [0, 0.05) is 36.6 Å². The summed E-state index contributed by atoms with van der Waals surface area (Å²) in [5, 5.41) is 58.7. The summed E-state index contributed by atoms with van der Waals surface area (Å²) in [5.41, 5.74) is 12.4. The summed E-state index contributed by atoms with van der Waals surface area (Å²) >= 11 is 0. The number of nitrogens with one attached hydrogen (secondary N) is 1. The van der Waals surface area contributed by atoms with Crippen LogP contribution in [0.2, 0.25) is 0 Å². The van der Waals surface area contributed by atoms with Gasteiger partial charge in [0.2, 0.25) is 0 Å². The van der Waals surface area contributed by atoms with Crippen LogP contribution in [0, 0.1) is 0 Å². The summed E-state index contributed by atoms with van der Waals surface area (Å²) < 4.78 is 0. The zero-order chi connectivity index (χ0) is 44.9. The average molecular weight is 821 g/mol. The van der Waals surface area contributed by atoms with Gasteiger partial charge in [-0.2, -0.15) is 5.10 Å². The molecule has 6 aromatic rings. The molecule has 0 aliphatic heterocycles. The normalized spacial score (nSPS) is 14.1. The lowest BCUT2D eigenvalue weighted by Gasteiger charge is -2.26. The first kappa shape index (κ1) is 43.8. The quantitative estimate of drug-likeness (QED) is 0.105. The summed E-state index contributed by atoms with van der Waals surface area (Å²) in [6.45, 7) is 32.7. The summed E-state index contributed by atoms with van der Waals surface area (Å²) in [4.78, 5) is 0. The fraction of sp³-hybridized carbons (Fsp3) is 0.436. The first-order valence-corrected chi connectivity index (χ1v) is 21.9. The van der Waals surface area contributed by atoms with E-state index in [4.69, 9.17) is 5.10 Å². The highest BCUT2D eigenvalue weighted by molar-refractivity contribution is 5.97. The molecule has 322 valence electrons. The Morgan fingerprint density at radius 1 is 0.361 bits per heavy atom. The maximum atomic E-state index is 12.5. The highest BCUT2D eigenvalue weighted by Crippen LogP contribution is 2.45. The zero-order valence-corrected chi connectivity index (χ0v) is 39.3. The Balaban J connectivity index is 1.63. The minimum Gasteiger partial charge on any atom is -0.507 e. The topological polar surface area (TPSA) is 110 Å². The molecule has 1 aromatic heterocycles. The van der Waals surface area contributed by atoms with Gasteiger partial charge < -0.3 is 20.4 Å². The predicted octanol–water partition coefficient (Wildman–Crippen LogP) is 13.2. The number of benzene rings is 5. The molecule has 6 heteroatoms. The molecule has 61 heavy (non-hydrogen) atoms. The van der Waals surface area contributed by atoms with Gasteiger partial charge in [-0.25, -0.2) is 0 Å². The molecular weight excluding hydrogens is 753 g/mol. The molecule has 5 aromatic carbocycles. The van der Waals surface area contributed by atoms with Crippen LogP contribution in [0.5, 0.6) is 23.0 Å². The number of phenols is 4. The molecule has 1 aliphatic rings. The van der Waals surface area contributed by atoms with Crippen LogP contribution in [0.1, 0.15) is 176 Å². The lowest BCUT2D eigenvalue weighted by molar-refractivity contribution is 0.452. The Labute approximate surface area is 364 Å². The van der Waals surface area contributed by atoms with Gasteiger partial charge in [0.15, 0.2) is 0 Å². The SMILES string of the molecule is CC(C)(C)c1cc2c(O)c(c1)Cc1cc(C(C)(C)C)cc(c1O)Cc1cc(C(C)(C)C)cc3c([nH]nc13)-c1cc(C(C)(C)C)cc(c1O)Cc1cc(C(C)(C)C)cc(c1O)C2. The number of nitrogens with zero attached hydrogens (tertiary/aromatic N) is 1. The van der Waals surface area contributed by atoms with Crippen molar-refractivity contribution in [1.29, 1.82) is 0 Å². The summed E-state index contributed by atoms with van der Waals surface area (Å²) in [5.74, 6) is 0.654. The van der Waals surface area contributed by atoms with E-state index in [1.165, 1.54) is 0 Å². The van der Waals surface area contributed by atoms with Gasteiger partial charge in [-0.1, -0.05) is 152 Å². The standard InChI is InChI=1S/C55H68N2O4/c1-51(2,3)38-21-31-16-30-20-41(54(10,11)12)28-43-45(30)56-57-46(43)44-29-42(55(13,14)15)27-37(50(44)61)19-36-26-40(53(7,8)9)25-35(49(36)60)18-34-24-39(52(4,5)6)23-33(48(34)59)17-32(22-38)47(31)58/h20-29,58-61H,16-19H2,1-15H3,(H,56,57). The van der Waals surface area contributed by atoms with E-state index in [-0.39, 0.29) is 50.1 Å². The van der Waals surface area contributed by atoms with E-state index in [1.807, 2.05) is 0 Å². The van der Waals surface area contributed by atoms with E-state index in [1.54, 1.807) is 0 Å². The molecule has 6 nitrogen and oxygen atoms in total. The second-order valence-corrected chi connectivity index (χ2v) is 23.0. The zero-order valence-electron chi connectivity index (χ0n) is 39.3. The van der Waals surface area contributed by atoms with Gasteiger partial charge in [0.05, 0.1) is 11.2 Å². The largest absolute Gasteiger partial charge is 0.507 e. The number of H-pyrrole nitrogens is 1. The lowest BCUT2D eigenvalue weighted by Crippen LogP contribution is -2.15. The van der Waals surface area contributed by atoms with E-state index in [0.29, 0.717) is 53.5 Å². The number of aromatic amines is 1. The third-order valence-corrected chi connectivity index (χ3v) is 12.9. The molecule has 0 spiro atoms. The van der Waals surface area contributed by atoms with E-state index in [9.17, 15) is 20.4 Å². The number of phenolic OH excluding ortho intramolecular Hbond substituents is 4. The first-order chi connectivity index (χ1) is 28.0. The molecule has 0 radical (unpaired) electrons. The Hall–Kier alpha value is -5.23. The van der Waals surface area contributed by atoms with Crippen molar-refractivity contribution in [3.05, 3.63) is 133 Å². The van der Waals surface area contributed by atoms with Crippen molar-refractivity contribution < 1.29 is 20.4 Å². The fourth-order valence-corrected chi connectivity index (χ4v) is 8.62. The van der Waals surface area contributed by atoms with Crippen molar-refractivity contribution in [2.45, 2.75) is 157 Å². The second-order valence-electron chi connectivity index (χ2n) is 23.0. The minimum absolute atomic E-state index is 0.137. The van der Waals surface area contributed by atoms with Crippen LogP contribution in [0.3, 0.4) is 0 Å². The molecule has 5 N–H and O–H groups in total. The fourth-order valence-electron chi connectivity index (χ4n) is 8.62. The van der Waals surface area contributed by atoms with Crippen LogP contribution in [-0.4, -0.2) is 30.6 Å². The average Bonchev–Trinajstić information content (AvgIpc) is 3.55. The Morgan fingerprint density at radius 2 is 0.623 bits per heavy atom. The molecule has 12 bridgehead atoms. The lowest BCUT2D eigenvalue weighted by atomic mass is 9.79. The minimum atomic E-state index is -0.260. The second kappa shape index (κ2) is 14.7. The van der Waals surface area contributed by atoms with Crippen molar-refractivity contribution in [2.24, 2.45) is 0 Å². The Morgan fingerprint density at radius 3 is 0.951 bits per heavy atom. The summed E-state index contributed by atoms with van der Waals surface area (Å²) in [7, 11) is 0. The van der Waals surface area contributed by atoms with Gasteiger partial charge >= 0.3 is 0 Å². The molecular formula is C55H68N2O4. The maximum absolute atomic E-state index is 12.5. The Kier molecular flexibility index (Phi) is 10.6. The van der Waals surface area contributed by atoms with Crippen LogP contribution in [-0.2, 0) is 52.8 Å². The molecule has 0 unspecified atom stereocenters. The molecule has 0 fully saturated rings. The molecule has 0 atom stereocenters. The summed E-state index contributed by atoms with van der Waals surface area (Å²) in [6, 6.07) is 21.1. The molecule has 0 saturated carbocycles. The molecule has 0 saturated heterocycles. The van der Waals surface area contributed by atoms with Crippen molar-refractivity contribution >= 4 is 10.9 Å². The third kappa shape index (κ3) is 8.52. The van der Waals surface area contributed by atoms with Crippen LogP contribution in [0.25, 0.3) is 22.2 Å². The Bertz CT molecular complexity index is 2700. The third-order valence-electron chi connectivity index (χ3n) is 12.9. The number of hydrogen-bond donors (Lipinski definition) is 5. The molecule has 7 rings (SSSR count). The van der Waals surface area contributed by atoms with Gasteiger partial charge in [0.1, 0.15) is 23.0 Å². The summed E-state index contributed by atoms with van der Waals surface area (Å²) in [6.07, 6.45) is 1.33. The van der Waals surface area contributed by atoms with Crippen molar-refractivity contribution in [3.8, 4) is 34.3 Å². The maximum Gasteiger partial charge on any atom is 0.128 e. The molecule has 1 aliphatic carbocycles. The van der Waals surface area contributed by atoms with Gasteiger partial charge in [0.25, 0.3) is 0 Å². The molecule has 1 heterocycles. The van der Waals surface area contributed by atoms with E-state index >= 15 is 0 Å². The molecule has 0 amide bonds. The van der Waals surface area contributed by atoms with Gasteiger partial charge in [-0.15, -0.1) is 0 Å². The van der Waals surface area contributed by atoms with Crippen LogP contribution >= 0.6 is 0 Å². The van der Waals surface area contributed by atoms with Crippen LogP contribution in [0.15, 0.2) is 60.7 Å². The van der Waals surface area contributed by atoms with E-state index in [2.05, 4.69) is 170 Å². The highest BCUT2D eigenvalue weighted by atomic mass is 16.3. The first-order valence-electron chi connectivity index (χ1n) is 21.9. The number of rotatable bonds is 0. The van der Waals surface area contributed by atoms with E-state index in [0.717, 1.165) is 66.7 Å². The van der Waals surface area contributed by atoms with Crippen molar-refractivity contribution in [3.63, 3.8) is 0 Å². The van der Waals surface area contributed by atoms with Crippen molar-refractivity contribution in [2.75, 3.05) is 0 Å². The predicted molar refractivity (Wildman–Crippen MR) is 252 cm³/mol.